The van der Waals surface area contributed by atoms with E-state index in [-0.39, 0.29) is 0 Å². The third kappa shape index (κ3) is 5.19. The fraction of sp³-hybridized carbons (Fsp3) is 0.571. The molecule has 0 saturated heterocycles. The molecular weight excluding hydrogens is 248 g/mol. The molecule has 0 heterocycles. The van der Waals surface area contributed by atoms with Crippen molar-refractivity contribution in [2.45, 2.75) is 44.4 Å². The zero-order chi connectivity index (χ0) is 13.4. The Balaban J connectivity index is 2.44. The summed E-state index contributed by atoms with van der Waals surface area (Å²) < 4.78 is 25.4. The van der Waals surface area contributed by atoms with E-state index >= 15 is 0 Å². The van der Waals surface area contributed by atoms with E-state index < -0.39 is 11.1 Å². The van der Waals surface area contributed by atoms with Crippen LogP contribution in [-0.2, 0) is 11.1 Å². The molecule has 0 aromatic heterocycles. The van der Waals surface area contributed by atoms with Crippen molar-refractivity contribution in [2.75, 3.05) is 6.61 Å². The lowest BCUT2D eigenvalue weighted by Gasteiger charge is -2.15. The van der Waals surface area contributed by atoms with Crippen LogP contribution in [0.2, 0.25) is 0 Å². The number of hydrogen-bond donors (Lipinski definition) is 1. The van der Waals surface area contributed by atoms with Gasteiger partial charge in [0.15, 0.2) is 11.1 Å². The van der Waals surface area contributed by atoms with Crippen LogP contribution in [0.3, 0.4) is 0 Å². The molecule has 0 bridgehead atoms. The maximum absolute atomic E-state index is 10.8. The predicted octanol–water partition coefficient (Wildman–Crippen LogP) is 3.86. The van der Waals surface area contributed by atoms with Crippen LogP contribution in [0.15, 0.2) is 29.2 Å². The average molecular weight is 270 g/mol. The van der Waals surface area contributed by atoms with Crippen LogP contribution in [0.1, 0.15) is 39.5 Å². The van der Waals surface area contributed by atoms with Gasteiger partial charge in [-0.1, -0.05) is 33.1 Å². The monoisotopic (exact) mass is 270 g/mol. The molecule has 4 heteroatoms. The van der Waals surface area contributed by atoms with Crippen LogP contribution in [0.5, 0.6) is 5.75 Å². The van der Waals surface area contributed by atoms with Gasteiger partial charge in [-0.15, -0.1) is 0 Å². The molecule has 1 rings (SSSR count). The van der Waals surface area contributed by atoms with Gasteiger partial charge in [-0.2, -0.15) is 0 Å². The highest BCUT2D eigenvalue weighted by Crippen LogP contribution is 2.18. The Morgan fingerprint density at radius 2 is 1.94 bits per heavy atom. The second-order valence-electron chi connectivity index (χ2n) is 4.45. The molecule has 0 fully saturated rings. The van der Waals surface area contributed by atoms with Crippen molar-refractivity contribution in [3.63, 3.8) is 0 Å². The molecule has 2 unspecified atom stereocenters. The van der Waals surface area contributed by atoms with Gasteiger partial charge < -0.3 is 9.29 Å². The van der Waals surface area contributed by atoms with E-state index in [1.807, 2.05) is 0 Å². The Morgan fingerprint density at radius 1 is 1.28 bits per heavy atom. The lowest BCUT2D eigenvalue weighted by atomic mass is 10.0. The van der Waals surface area contributed by atoms with Crippen molar-refractivity contribution in [2.24, 2.45) is 5.92 Å². The number of hydrogen-bond acceptors (Lipinski definition) is 2. The molecule has 0 radical (unpaired) electrons. The van der Waals surface area contributed by atoms with Gasteiger partial charge in [0.2, 0.25) is 0 Å². The molecular formula is C14H22O3S. The average Bonchev–Trinajstić information content (AvgIpc) is 2.39. The molecule has 0 aliphatic rings. The van der Waals surface area contributed by atoms with Crippen LogP contribution in [0.25, 0.3) is 0 Å². The van der Waals surface area contributed by atoms with E-state index in [9.17, 15) is 4.21 Å². The van der Waals surface area contributed by atoms with Gasteiger partial charge in [-0.25, -0.2) is 4.21 Å². The van der Waals surface area contributed by atoms with Gasteiger partial charge in [-0.05, 0) is 36.6 Å². The van der Waals surface area contributed by atoms with Crippen molar-refractivity contribution >= 4 is 11.1 Å². The van der Waals surface area contributed by atoms with E-state index in [4.69, 9.17) is 9.29 Å². The summed E-state index contributed by atoms with van der Waals surface area (Å²) in [6, 6.07) is 6.74. The summed E-state index contributed by atoms with van der Waals surface area (Å²) in [5.41, 5.74) is 0. The van der Waals surface area contributed by atoms with Gasteiger partial charge in [0, 0.05) is 0 Å². The minimum atomic E-state index is -1.91. The van der Waals surface area contributed by atoms with E-state index in [0.717, 1.165) is 18.8 Å². The van der Waals surface area contributed by atoms with Crippen LogP contribution in [0, 0.1) is 5.92 Å². The molecule has 0 spiro atoms. The topological polar surface area (TPSA) is 46.5 Å². The molecule has 0 aliphatic heterocycles. The summed E-state index contributed by atoms with van der Waals surface area (Å²) in [6.45, 7) is 5.10. The van der Waals surface area contributed by atoms with E-state index in [2.05, 4.69) is 13.8 Å². The van der Waals surface area contributed by atoms with Gasteiger partial charge in [0.1, 0.15) is 5.75 Å². The Kier molecular flexibility index (Phi) is 6.98. The highest BCUT2D eigenvalue weighted by molar-refractivity contribution is 7.79. The Morgan fingerprint density at radius 3 is 2.44 bits per heavy atom. The smallest absolute Gasteiger partial charge is 0.186 e. The van der Waals surface area contributed by atoms with Crippen LogP contribution in [0.4, 0.5) is 0 Å². The first kappa shape index (κ1) is 15.2. The van der Waals surface area contributed by atoms with E-state index in [1.54, 1.807) is 24.3 Å². The minimum absolute atomic E-state index is 0.403. The van der Waals surface area contributed by atoms with Crippen LogP contribution in [-0.4, -0.2) is 15.4 Å². The molecule has 18 heavy (non-hydrogen) atoms. The third-order valence-corrected chi connectivity index (χ3v) is 3.73. The van der Waals surface area contributed by atoms with Gasteiger partial charge in [0.25, 0.3) is 0 Å². The van der Waals surface area contributed by atoms with Crippen molar-refractivity contribution in [3.8, 4) is 5.75 Å². The van der Waals surface area contributed by atoms with Gasteiger partial charge >= 0.3 is 0 Å². The Hall–Kier alpha value is -0.870. The second kappa shape index (κ2) is 8.27. The Labute approximate surface area is 112 Å². The fourth-order valence-corrected chi connectivity index (χ4v) is 2.13. The van der Waals surface area contributed by atoms with Crippen molar-refractivity contribution < 1.29 is 13.5 Å². The predicted molar refractivity (Wildman–Crippen MR) is 74.3 cm³/mol. The van der Waals surface area contributed by atoms with Gasteiger partial charge in [-0.3, -0.25) is 0 Å². The molecule has 2 atom stereocenters. The highest BCUT2D eigenvalue weighted by atomic mass is 32.2. The number of ether oxygens (including phenoxy) is 1. The first-order valence-electron chi connectivity index (χ1n) is 6.51. The highest BCUT2D eigenvalue weighted by Gasteiger charge is 2.07. The molecule has 1 aromatic carbocycles. The third-order valence-electron chi connectivity index (χ3n) is 3.05. The number of rotatable bonds is 8. The SMILES string of the molecule is CCCCC(CC)COc1ccc(S(=O)O)cc1. The lowest BCUT2D eigenvalue weighted by molar-refractivity contribution is 0.233. The zero-order valence-electron chi connectivity index (χ0n) is 11.1. The normalized spacial score (nSPS) is 14.2. The molecule has 1 N–H and O–H groups in total. The second-order valence-corrected chi connectivity index (χ2v) is 5.42. The summed E-state index contributed by atoms with van der Waals surface area (Å²) in [5, 5.41) is 0. The van der Waals surface area contributed by atoms with Crippen LogP contribution >= 0.6 is 0 Å². The number of benzene rings is 1. The largest absolute Gasteiger partial charge is 0.493 e. The molecule has 0 amide bonds. The summed E-state index contributed by atoms with van der Waals surface area (Å²) in [7, 11) is 0. The molecule has 1 aromatic rings. The first-order chi connectivity index (χ1) is 8.67. The summed E-state index contributed by atoms with van der Waals surface area (Å²) >= 11 is -1.91. The van der Waals surface area contributed by atoms with E-state index in [1.165, 1.54) is 19.3 Å². The van der Waals surface area contributed by atoms with Crippen molar-refractivity contribution in [3.05, 3.63) is 24.3 Å². The lowest BCUT2D eigenvalue weighted by Crippen LogP contribution is -2.11. The summed E-state index contributed by atoms with van der Waals surface area (Å²) in [4.78, 5) is 0.403. The first-order valence-corrected chi connectivity index (χ1v) is 7.61. The van der Waals surface area contributed by atoms with Crippen molar-refractivity contribution in [1.29, 1.82) is 0 Å². The standard InChI is InChI=1S/C14H22O3S/c1-3-5-6-12(4-2)11-17-13-7-9-14(10-8-13)18(15)16/h7-10,12H,3-6,11H2,1-2H3,(H,15,16). The quantitative estimate of drug-likeness (QED) is 0.730. The van der Waals surface area contributed by atoms with E-state index in [0.29, 0.717) is 10.8 Å². The molecule has 3 nitrogen and oxygen atoms in total. The molecule has 102 valence electrons. The van der Waals surface area contributed by atoms with Crippen LogP contribution < -0.4 is 4.74 Å². The molecule has 0 aliphatic carbocycles. The van der Waals surface area contributed by atoms with Crippen molar-refractivity contribution in [1.82, 2.24) is 0 Å². The summed E-state index contributed by atoms with van der Waals surface area (Å²) in [6.07, 6.45) is 4.78. The fourth-order valence-electron chi connectivity index (χ4n) is 1.76. The van der Waals surface area contributed by atoms with Gasteiger partial charge in [0.05, 0.1) is 11.5 Å². The zero-order valence-corrected chi connectivity index (χ0v) is 11.9. The molecule has 0 saturated carbocycles. The maximum atomic E-state index is 10.8. The summed E-state index contributed by atoms with van der Waals surface area (Å²) in [5.74, 6) is 1.36. The minimum Gasteiger partial charge on any atom is -0.493 e. The maximum Gasteiger partial charge on any atom is 0.186 e. The number of unbranched alkanes of at least 4 members (excludes halogenated alkanes) is 1. The Bertz CT molecular complexity index is 362.